The summed E-state index contributed by atoms with van der Waals surface area (Å²) in [6.07, 6.45) is 0. The van der Waals surface area contributed by atoms with E-state index >= 15 is 0 Å². The number of amides is 1. The average Bonchev–Trinajstić information content (AvgIpc) is 2.20. The molecule has 0 aliphatic rings. The molecule has 4 heteroatoms. The van der Waals surface area contributed by atoms with E-state index in [1.165, 1.54) is 11.1 Å². The van der Waals surface area contributed by atoms with E-state index in [4.69, 9.17) is 0 Å². The Labute approximate surface area is 105 Å². The number of benzene rings is 1. The molecule has 16 heavy (non-hydrogen) atoms. The van der Waals surface area contributed by atoms with Crippen LogP contribution in [-0.4, -0.2) is 31.4 Å². The van der Waals surface area contributed by atoms with Crippen molar-refractivity contribution in [3.05, 3.63) is 33.8 Å². The monoisotopic (exact) mass is 284 g/mol. The van der Waals surface area contributed by atoms with Crippen LogP contribution in [0.15, 0.2) is 22.7 Å². The minimum absolute atomic E-state index is 0.0924. The van der Waals surface area contributed by atoms with Crippen LogP contribution in [0, 0.1) is 6.92 Å². The normalized spacial score (nSPS) is 10.2. The molecule has 0 aliphatic carbocycles. The number of carbonyl (C=O) groups excluding carboxylic acids is 1. The smallest absolute Gasteiger partial charge is 0.236 e. The van der Waals surface area contributed by atoms with Crippen LogP contribution < -0.4 is 5.32 Å². The van der Waals surface area contributed by atoms with E-state index < -0.39 is 0 Å². The lowest BCUT2D eigenvalue weighted by Gasteiger charge is -2.12. The molecule has 0 saturated heterocycles. The SMILES string of the molecule is Cc1cc(Br)ccc1CNCC(=O)N(C)C. The molecular formula is C12H17BrN2O. The van der Waals surface area contributed by atoms with Gasteiger partial charge < -0.3 is 10.2 Å². The highest BCUT2D eigenvalue weighted by Gasteiger charge is 2.03. The van der Waals surface area contributed by atoms with E-state index in [1.807, 2.05) is 6.07 Å². The van der Waals surface area contributed by atoms with Gasteiger partial charge in [-0.25, -0.2) is 0 Å². The van der Waals surface area contributed by atoms with E-state index in [-0.39, 0.29) is 5.91 Å². The van der Waals surface area contributed by atoms with Crippen molar-refractivity contribution in [1.29, 1.82) is 0 Å². The maximum atomic E-state index is 11.3. The molecule has 0 atom stereocenters. The van der Waals surface area contributed by atoms with Crippen LogP contribution in [0.3, 0.4) is 0 Å². The summed E-state index contributed by atoms with van der Waals surface area (Å²) in [6.45, 7) is 3.16. The summed E-state index contributed by atoms with van der Waals surface area (Å²) in [5.74, 6) is 0.0924. The standard InChI is InChI=1S/C12H17BrN2O/c1-9-6-11(13)5-4-10(9)7-14-8-12(16)15(2)3/h4-6,14H,7-8H2,1-3H3. The number of likely N-dealkylation sites (N-methyl/N-ethyl adjacent to an activating group) is 1. The van der Waals surface area contributed by atoms with Gasteiger partial charge in [0.05, 0.1) is 6.54 Å². The Kier molecular flexibility index (Phi) is 4.96. The van der Waals surface area contributed by atoms with Gasteiger partial charge in [-0.3, -0.25) is 4.79 Å². The lowest BCUT2D eigenvalue weighted by atomic mass is 10.1. The third-order valence-corrected chi connectivity index (χ3v) is 2.89. The second kappa shape index (κ2) is 6.01. The molecule has 0 unspecified atom stereocenters. The fourth-order valence-corrected chi connectivity index (χ4v) is 1.80. The number of hydrogen-bond acceptors (Lipinski definition) is 2. The van der Waals surface area contributed by atoms with Crippen molar-refractivity contribution in [3.8, 4) is 0 Å². The van der Waals surface area contributed by atoms with Crippen LogP contribution in [0.5, 0.6) is 0 Å². The second-order valence-corrected chi connectivity index (χ2v) is 4.88. The topological polar surface area (TPSA) is 32.3 Å². The summed E-state index contributed by atoms with van der Waals surface area (Å²) in [5.41, 5.74) is 2.44. The summed E-state index contributed by atoms with van der Waals surface area (Å²) in [6, 6.07) is 6.15. The lowest BCUT2D eigenvalue weighted by Crippen LogP contribution is -2.32. The second-order valence-electron chi connectivity index (χ2n) is 3.96. The van der Waals surface area contributed by atoms with Crippen LogP contribution in [0.4, 0.5) is 0 Å². The molecule has 1 aromatic carbocycles. The minimum Gasteiger partial charge on any atom is -0.348 e. The predicted molar refractivity (Wildman–Crippen MR) is 69.3 cm³/mol. The number of hydrogen-bond donors (Lipinski definition) is 1. The Morgan fingerprint density at radius 3 is 2.69 bits per heavy atom. The molecule has 0 aliphatic heterocycles. The molecule has 1 rings (SSSR count). The zero-order chi connectivity index (χ0) is 12.1. The summed E-state index contributed by atoms with van der Waals surface area (Å²) < 4.78 is 1.08. The van der Waals surface area contributed by atoms with Crippen LogP contribution in [0.2, 0.25) is 0 Å². The van der Waals surface area contributed by atoms with Crippen LogP contribution >= 0.6 is 15.9 Å². The van der Waals surface area contributed by atoms with Gasteiger partial charge in [-0.15, -0.1) is 0 Å². The van der Waals surface area contributed by atoms with E-state index in [2.05, 4.69) is 40.3 Å². The predicted octanol–water partition coefficient (Wildman–Crippen LogP) is 1.94. The Balaban J connectivity index is 2.46. The molecule has 0 fully saturated rings. The third kappa shape index (κ3) is 3.94. The minimum atomic E-state index is 0.0924. The van der Waals surface area contributed by atoms with Crippen molar-refractivity contribution in [3.63, 3.8) is 0 Å². The number of carbonyl (C=O) groups is 1. The summed E-state index contributed by atoms with van der Waals surface area (Å²) in [7, 11) is 3.52. The maximum absolute atomic E-state index is 11.3. The van der Waals surface area contributed by atoms with Gasteiger partial charge in [0.25, 0.3) is 0 Å². The molecule has 88 valence electrons. The third-order valence-electron chi connectivity index (χ3n) is 2.40. The molecule has 3 nitrogen and oxygen atoms in total. The molecule has 0 bridgehead atoms. The fraction of sp³-hybridized carbons (Fsp3) is 0.417. The zero-order valence-electron chi connectivity index (χ0n) is 9.88. The van der Waals surface area contributed by atoms with Gasteiger partial charge in [0.15, 0.2) is 0 Å². The van der Waals surface area contributed by atoms with Crippen molar-refractivity contribution >= 4 is 21.8 Å². The van der Waals surface area contributed by atoms with Crippen molar-refractivity contribution in [2.45, 2.75) is 13.5 Å². The Hall–Kier alpha value is -0.870. The number of aryl methyl sites for hydroxylation is 1. The van der Waals surface area contributed by atoms with Gasteiger partial charge in [-0.05, 0) is 30.2 Å². The molecule has 0 aromatic heterocycles. The Morgan fingerprint density at radius 1 is 1.44 bits per heavy atom. The first-order valence-corrected chi connectivity index (χ1v) is 5.96. The number of nitrogens with zero attached hydrogens (tertiary/aromatic N) is 1. The van der Waals surface area contributed by atoms with E-state index in [1.54, 1.807) is 19.0 Å². The first-order valence-electron chi connectivity index (χ1n) is 5.16. The molecule has 0 heterocycles. The number of halogens is 1. The first-order chi connectivity index (χ1) is 7.50. The Morgan fingerprint density at radius 2 is 2.12 bits per heavy atom. The molecule has 1 N–H and O–H groups in total. The molecular weight excluding hydrogens is 268 g/mol. The number of rotatable bonds is 4. The van der Waals surface area contributed by atoms with Crippen molar-refractivity contribution in [1.82, 2.24) is 10.2 Å². The fourth-order valence-electron chi connectivity index (χ4n) is 1.32. The maximum Gasteiger partial charge on any atom is 0.236 e. The van der Waals surface area contributed by atoms with Crippen LogP contribution in [0.25, 0.3) is 0 Å². The largest absolute Gasteiger partial charge is 0.348 e. The summed E-state index contributed by atoms with van der Waals surface area (Å²) >= 11 is 3.43. The van der Waals surface area contributed by atoms with Crippen molar-refractivity contribution < 1.29 is 4.79 Å². The molecule has 1 amide bonds. The van der Waals surface area contributed by atoms with Gasteiger partial charge in [0.1, 0.15) is 0 Å². The molecule has 0 spiro atoms. The van der Waals surface area contributed by atoms with Crippen molar-refractivity contribution in [2.24, 2.45) is 0 Å². The molecule has 0 radical (unpaired) electrons. The Bertz CT molecular complexity index is 377. The van der Waals surface area contributed by atoms with E-state index in [0.29, 0.717) is 6.54 Å². The highest BCUT2D eigenvalue weighted by molar-refractivity contribution is 9.10. The van der Waals surface area contributed by atoms with Crippen LogP contribution in [-0.2, 0) is 11.3 Å². The highest BCUT2D eigenvalue weighted by Crippen LogP contribution is 2.15. The zero-order valence-corrected chi connectivity index (χ0v) is 11.5. The van der Waals surface area contributed by atoms with Crippen LogP contribution in [0.1, 0.15) is 11.1 Å². The summed E-state index contributed by atoms with van der Waals surface area (Å²) in [4.78, 5) is 12.9. The quantitative estimate of drug-likeness (QED) is 0.917. The van der Waals surface area contributed by atoms with Gasteiger partial charge >= 0.3 is 0 Å². The first kappa shape index (κ1) is 13.2. The average molecular weight is 285 g/mol. The van der Waals surface area contributed by atoms with Gasteiger partial charge in [0.2, 0.25) is 5.91 Å². The van der Waals surface area contributed by atoms with Gasteiger partial charge in [-0.2, -0.15) is 0 Å². The molecule has 0 saturated carbocycles. The van der Waals surface area contributed by atoms with E-state index in [0.717, 1.165) is 11.0 Å². The molecule has 1 aromatic rings. The van der Waals surface area contributed by atoms with Gasteiger partial charge in [-0.1, -0.05) is 22.0 Å². The highest BCUT2D eigenvalue weighted by atomic mass is 79.9. The number of nitrogens with one attached hydrogen (secondary N) is 1. The summed E-state index contributed by atoms with van der Waals surface area (Å²) in [5, 5.41) is 3.14. The van der Waals surface area contributed by atoms with Gasteiger partial charge in [0, 0.05) is 25.1 Å². The van der Waals surface area contributed by atoms with E-state index in [9.17, 15) is 4.79 Å². The van der Waals surface area contributed by atoms with Crippen molar-refractivity contribution in [2.75, 3.05) is 20.6 Å². The lowest BCUT2D eigenvalue weighted by molar-refractivity contribution is -0.127.